The van der Waals surface area contributed by atoms with Gasteiger partial charge in [0.25, 0.3) is 0 Å². The van der Waals surface area contributed by atoms with Gasteiger partial charge in [-0.2, -0.15) is 13.2 Å². The molecule has 1 aliphatic carbocycles. The Morgan fingerprint density at radius 1 is 0.757 bits per heavy atom. The van der Waals surface area contributed by atoms with Gasteiger partial charge < -0.3 is 4.74 Å². The lowest BCUT2D eigenvalue weighted by Crippen LogP contribution is -2.11. The minimum Gasteiger partial charge on any atom is -0.462 e. The van der Waals surface area contributed by atoms with Gasteiger partial charge in [0.05, 0.1) is 17.7 Å². The lowest BCUT2D eigenvalue weighted by atomic mass is 9.88. The molecule has 0 unspecified atom stereocenters. The van der Waals surface area contributed by atoms with Crippen LogP contribution >= 0.6 is 0 Å². The summed E-state index contributed by atoms with van der Waals surface area (Å²) in [7, 11) is 0. The SMILES string of the molecule is CCOC(=O)C1=C(c2ccc(C(F)(F)F)cc2)C(=O)C(c2ccc(C)cc2C)=C1c1ccc(C)cc1C. The molecule has 4 rings (SSSR count). The van der Waals surface area contributed by atoms with E-state index in [0.29, 0.717) is 22.3 Å². The predicted octanol–water partition coefficient (Wildman–Crippen LogP) is 7.45. The number of esters is 1. The van der Waals surface area contributed by atoms with Gasteiger partial charge >= 0.3 is 12.1 Å². The van der Waals surface area contributed by atoms with Crippen LogP contribution in [0.25, 0.3) is 16.7 Å². The third-order valence-electron chi connectivity index (χ3n) is 6.49. The number of hydrogen-bond acceptors (Lipinski definition) is 3. The van der Waals surface area contributed by atoms with Crippen LogP contribution < -0.4 is 0 Å². The zero-order valence-electron chi connectivity index (χ0n) is 21.3. The van der Waals surface area contributed by atoms with E-state index in [1.165, 1.54) is 12.1 Å². The summed E-state index contributed by atoms with van der Waals surface area (Å²) in [6.45, 7) is 9.43. The Labute approximate surface area is 214 Å². The summed E-state index contributed by atoms with van der Waals surface area (Å²) in [5, 5.41) is 0. The van der Waals surface area contributed by atoms with Gasteiger partial charge in [-0.15, -0.1) is 0 Å². The van der Waals surface area contributed by atoms with Gasteiger partial charge in [0, 0.05) is 16.7 Å². The van der Waals surface area contributed by atoms with Crippen LogP contribution in [-0.4, -0.2) is 18.4 Å². The number of Topliss-reactive ketones (excluding diaryl/α,β-unsaturated/α-hetero) is 1. The maximum absolute atomic E-state index is 14.2. The molecule has 0 saturated heterocycles. The number of hydrogen-bond donors (Lipinski definition) is 0. The van der Waals surface area contributed by atoms with E-state index in [0.717, 1.165) is 34.4 Å². The Morgan fingerprint density at radius 3 is 1.73 bits per heavy atom. The monoisotopic (exact) mass is 504 g/mol. The first-order valence-electron chi connectivity index (χ1n) is 12.0. The van der Waals surface area contributed by atoms with Crippen molar-refractivity contribution in [3.05, 3.63) is 111 Å². The smallest absolute Gasteiger partial charge is 0.416 e. The largest absolute Gasteiger partial charge is 0.462 e. The minimum absolute atomic E-state index is 0.0390. The summed E-state index contributed by atoms with van der Waals surface area (Å²) in [5.74, 6) is -1.12. The van der Waals surface area contributed by atoms with Gasteiger partial charge in [-0.05, 0) is 74.6 Å². The molecule has 37 heavy (non-hydrogen) atoms. The van der Waals surface area contributed by atoms with Gasteiger partial charge in [-0.25, -0.2) is 4.79 Å². The van der Waals surface area contributed by atoms with E-state index in [1.807, 2.05) is 64.1 Å². The van der Waals surface area contributed by atoms with E-state index in [2.05, 4.69) is 0 Å². The number of carbonyl (C=O) groups excluding carboxylic acids is 2. The molecule has 0 heterocycles. The van der Waals surface area contributed by atoms with E-state index in [-0.39, 0.29) is 23.3 Å². The number of ketones is 1. The lowest BCUT2D eigenvalue weighted by Gasteiger charge is -2.16. The second kappa shape index (κ2) is 9.85. The Hall–Kier alpha value is -3.93. The van der Waals surface area contributed by atoms with Crippen LogP contribution in [0.3, 0.4) is 0 Å². The van der Waals surface area contributed by atoms with E-state index >= 15 is 0 Å². The van der Waals surface area contributed by atoms with Crippen LogP contribution in [-0.2, 0) is 20.5 Å². The number of ether oxygens (including phenoxy) is 1. The molecule has 3 aromatic carbocycles. The molecule has 1 aliphatic rings. The molecule has 0 aromatic heterocycles. The van der Waals surface area contributed by atoms with Crippen molar-refractivity contribution < 1.29 is 27.5 Å². The molecule has 0 aliphatic heterocycles. The van der Waals surface area contributed by atoms with E-state index in [4.69, 9.17) is 4.74 Å². The Balaban J connectivity index is 2.07. The van der Waals surface area contributed by atoms with Gasteiger partial charge in [0.15, 0.2) is 5.78 Å². The summed E-state index contributed by atoms with van der Waals surface area (Å²) in [4.78, 5) is 27.6. The number of alkyl halides is 3. The van der Waals surface area contributed by atoms with Crippen molar-refractivity contribution in [3.8, 4) is 0 Å². The minimum atomic E-state index is -4.52. The predicted molar refractivity (Wildman–Crippen MR) is 139 cm³/mol. The zero-order valence-corrected chi connectivity index (χ0v) is 21.3. The third kappa shape index (κ3) is 4.88. The van der Waals surface area contributed by atoms with E-state index in [9.17, 15) is 22.8 Å². The van der Waals surface area contributed by atoms with Crippen molar-refractivity contribution in [1.29, 1.82) is 0 Å². The quantitative estimate of drug-likeness (QED) is 0.339. The zero-order chi connectivity index (χ0) is 27.1. The van der Waals surface area contributed by atoms with Crippen LogP contribution in [0.4, 0.5) is 13.2 Å². The maximum atomic E-state index is 14.2. The van der Waals surface area contributed by atoms with Crippen molar-refractivity contribution >= 4 is 28.5 Å². The second-order valence-electron chi connectivity index (χ2n) is 9.26. The van der Waals surface area contributed by atoms with E-state index < -0.39 is 23.5 Å². The van der Waals surface area contributed by atoms with Crippen LogP contribution in [0.1, 0.15) is 51.4 Å². The molecule has 0 bridgehead atoms. The number of carbonyl (C=O) groups is 2. The average molecular weight is 505 g/mol. The van der Waals surface area contributed by atoms with Gasteiger partial charge in [-0.1, -0.05) is 59.7 Å². The molecule has 0 N–H and O–H groups in total. The number of halogens is 3. The molecule has 6 heteroatoms. The van der Waals surface area contributed by atoms with Crippen molar-refractivity contribution in [2.24, 2.45) is 0 Å². The summed E-state index contributed by atoms with van der Waals surface area (Å²) in [6, 6.07) is 15.7. The van der Waals surface area contributed by atoms with Crippen LogP contribution in [0.15, 0.2) is 66.2 Å². The molecule has 190 valence electrons. The molecule has 0 atom stereocenters. The first-order chi connectivity index (χ1) is 17.4. The second-order valence-corrected chi connectivity index (χ2v) is 9.26. The fourth-order valence-corrected chi connectivity index (χ4v) is 4.83. The molecular formula is C31H27F3O3. The number of rotatable bonds is 5. The Kier molecular flexibility index (Phi) is 6.96. The average Bonchev–Trinajstić information content (AvgIpc) is 3.11. The van der Waals surface area contributed by atoms with Crippen molar-refractivity contribution in [1.82, 2.24) is 0 Å². The first-order valence-corrected chi connectivity index (χ1v) is 12.0. The topological polar surface area (TPSA) is 43.4 Å². The standard InChI is InChI=1S/C31H27F3O3/c1-6-37-30(36)28-25(21-9-11-22(12-10-21)31(32,33)34)29(35)27(24-14-8-18(3)16-20(24)5)26(28)23-13-7-17(2)15-19(23)4/h7-16H,6H2,1-5H3. The lowest BCUT2D eigenvalue weighted by molar-refractivity contribution is -0.138. The molecule has 3 nitrogen and oxygen atoms in total. The number of aryl methyl sites for hydroxylation is 4. The number of benzene rings is 3. The fourth-order valence-electron chi connectivity index (χ4n) is 4.83. The van der Waals surface area contributed by atoms with Gasteiger partial charge in [0.1, 0.15) is 0 Å². The molecule has 0 spiro atoms. The van der Waals surface area contributed by atoms with Crippen molar-refractivity contribution in [2.75, 3.05) is 6.61 Å². The van der Waals surface area contributed by atoms with Crippen molar-refractivity contribution in [3.63, 3.8) is 0 Å². The molecule has 0 saturated carbocycles. The third-order valence-corrected chi connectivity index (χ3v) is 6.49. The van der Waals surface area contributed by atoms with E-state index in [1.54, 1.807) is 6.92 Å². The molecule has 3 aromatic rings. The highest BCUT2D eigenvalue weighted by atomic mass is 19.4. The summed E-state index contributed by atoms with van der Waals surface area (Å²) in [6.07, 6.45) is -4.52. The summed E-state index contributed by atoms with van der Waals surface area (Å²) >= 11 is 0. The summed E-state index contributed by atoms with van der Waals surface area (Å²) < 4.78 is 45.1. The molecular weight excluding hydrogens is 477 g/mol. The highest BCUT2D eigenvalue weighted by molar-refractivity contribution is 6.55. The number of allylic oxidation sites excluding steroid dienone is 2. The normalized spacial score (nSPS) is 14.0. The maximum Gasteiger partial charge on any atom is 0.416 e. The highest BCUT2D eigenvalue weighted by Crippen LogP contribution is 2.47. The van der Waals surface area contributed by atoms with Crippen LogP contribution in [0.2, 0.25) is 0 Å². The van der Waals surface area contributed by atoms with Crippen LogP contribution in [0, 0.1) is 27.7 Å². The fraction of sp³-hybridized carbons (Fsp3) is 0.226. The Morgan fingerprint density at radius 2 is 1.27 bits per heavy atom. The first kappa shape index (κ1) is 26.1. The van der Waals surface area contributed by atoms with Gasteiger partial charge in [0.2, 0.25) is 0 Å². The van der Waals surface area contributed by atoms with Crippen LogP contribution in [0.5, 0.6) is 0 Å². The highest BCUT2D eigenvalue weighted by Gasteiger charge is 2.40. The molecule has 0 radical (unpaired) electrons. The Bertz CT molecular complexity index is 1470. The summed E-state index contributed by atoms with van der Waals surface area (Å²) in [5.41, 5.74) is 5.36. The van der Waals surface area contributed by atoms with Crippen molar-refractivity contribution in [2.45, 2.75) is 40.8 Å². The molecule has 0 amide bonds. The van der Waals surface area contributed by atoms with Gasteiger partial charge in [-0.3, -0.25) is 4.79 Å². The molecule has 0 fully saturated rings.